The Bertz CT molecular complexity index is 1160. The largest absolute Gasteiger partial charge is 0.390 e. The number of aromatic nitrogens is 2. The van der Waals surface area contributed by atoms with Crippen molar-refractivity contribution in [3.63, 3.8) is 0 Å². The molecule has 0 spiro atoms. The normalized spacial score (nSPS) is 25.8. The average molecular weight is 561 g/mol. The highest BCUT2D eigenvalue weighted by molar-refractivity contribution is 7.80. The maximum atomic E-state index is 13.0. The number of aliphatic hydroxyl groups is 1. The Hall–Kier alpha value is -1.21. The zero-order valence-electron chi connectivity index (χ0n) is 19.3. The molecule has 1 aliphatic rings. The van der Waals surface area contributed by atoms with Crippen molar-refractivity contribution >= 4 is 28.6 Å². The average Bonchev–Trinajstić information content (AvgIpc) is 3.17. The van der Waals surface area contributed by atoms with Gasteiger partial charge in [-0.1, -0.05) is 12.2 Å². The van der Waals surface area contributed by atoms with E-state index >= 15 is 0 Å². The minimum Gasteiger partial charge on any atom is -0.390 e. The summed E-state index contributed by atoms with van der Waals surface area (Å²) in [5.41, 5.74) is 4.13. The van der Waals surface area contributed by atoms with Gasteiger partial charge in [0.2, 0.25) is 7.37 Å². The maximum Gasteiger partial charge on any atom is 0.340 e. The highest BCUT2D eigenvalue weighted by atomic mass is 31.3. The van der Waals surface area contributed by atoms with E-state index in [1.807, 2.05) is 0 Å². The van der Waals surface area contributed by atoms with E-state index < -0.39 is 70.7 Å². The molecule has 6 atom stereocenters. The van der Waals surface area contributed by atoms with Crippen LogP contribution in [0.1, 0.15) is 18.2 Å². The summed E-state index contributed by atoms with van der Waals surface area (Å²) in [4.78, 5) is 36.0. The highest BCUT2D eigenvalue weighted by Crippen LogP contribution is 2.68. The Kier molecular flexibility index (Phi) is 10.6. The molecule has 35 heavy (non-hydrogen) atoms. The summed E-state index contributed by atoms with van der Waals surface area (Å²) in [6.45, 7) is -0.320. The zero-order valence-corrected chi connectivity index (χ0v) is 22.0. The summed E-state index contributed by atoms with van der Waals surface area (Å²) in [5.74, 6) is -1.74. The van der Waals surface area contributed by atoms with E-state index in [-0.39, 0.29) is 18.5 Å². The van der Waals surface area contributed by atoms with Crippen LogP contribution in [0, 0.1) is 0 Å². The number of ether oxygens (including phenoxy) is 1. The fourth-order valence-electron chi connectivity index (χ4n) is 3.16. The number of aliphatic hydroxyl groups excluding tert-OH is 1. The molecule has 5 N–H and O–H groups in total. The Labute approximate surface area is 200 Å². The number of hydrogen-bond acceptors (Lipinski definition) is 12. The van der Waals surface area contributed by atoms with Crippen LogP contribution in [0.15, 0.2) is 21.9 Å². The van der Waals surface area contributed by atoms with Crippen molar-refractivity contribution in [1.29, 1.82) is 0 Å². The molecule has 1 aromatic heterocycles. The third-order valence-electron chi connectivity index (χ3n) is 5.06. The molecule has 0 radical (unpaired) electrons. The molecule has 200 valence electrons. The van der Waals surface area contributed by atoms with Gasteiger partial charge in [0.1, 0.15) is 24.1 Å². The van der Waals surface area contributed by atoms with Crippen LogP contribution < -0.4 is 17.0 Å². The number of nitrogens with two attached hydrogens (primary N) is 1. The summed E-state index contributed by atoms with van der Waals surface area (Å²) in [7, 11) is -9.41. The molecule has 0 aromatic carbocycles. The predicted molar refractivity (Wildman–Crippen MR) is 126 cm³/mol. The van der Waals surface area contributed by atoms with E-state index in [0.717, 1.165) is 25.9 Å². The first-order valence-electron chi connectivity index (χ1n) is 10.2. The van der Waals surface area contributed by atoms with Crippen molar-refractivity contribution in [2.45, 2.75) is 24.9 Å². The lowest BCUT2D eigenvalue weighted by Gasteiger charge is -2.24. The minimum absolute atomic E-state index is 0.0601. The highest BCUT2D eigenvalue weighted by Gasteiger charge is 2.43. The Morgan fingerprint density at radius 3 is 2.46 bits per heavy atom. The summed E-state index contributed by atoms with van der Waals surface area (Å²) in [6.07, 6.45) is 0.924. The molecule has 18 heteroatoms. The summed E-state index contributed by atoms with van der Waals surface area (Å²) in [5, 5.41) is 10.4. The SMILES string of the molecule is COP(=O)(O)CP(=O)(CP(=O)(OC)OCC1OC(n2cc(C=CCN)c(=O)[nH]c2=O)CC1O)OC. The third kappa shape index (κ3) is 8.14. The molecule has 0 amide bonds. The van der Waals surface area contributed by atoms with Gasteiger partial charge in [-0.2, -0.15) is 0 Å². The fourth-order valence-corrected chi connectivity index (χ4v) is 11.3. The molecule has 1 saturated heterocycles. The van der Waals surface area contributed by atoms with Crippen molar-refractivity contribution in [2.75, 3.05) is 46.3 Å². The lowest BCUT2D eigenvalue weighted by molar-refractivity contribution is -0.0427. The molecular weight excluding hydrogens is 531 g/mol. The van der Waals surface area contributed by atoms with Crippen LogP contribution in [-0.4, -0.2) is 78.0 Å². The molecular formula is C17H30N3O12P3. The van der Waals surface area contributed by atoms with Crippen LogP contribution >= 0.6 is 22.6 Å². The van der Waals surface area contributed by atoms with Crippen LogP contribution in [0.2, 0.25) is 0 Å². The van der Waals surface area contributed by atoms with E-state index in [9.17, 15) is 33.3 Å². The first-order valence-corrected chi connectivity index (χ1v) is 15.7. The number of rotatable bonds is 13. The van der Waals surface area contributed by atoms with Crippen LogP contribution in [0.4, 0.5) is 0 Å². The lowest BCUT2D eigenvalue weighted by Crippen LogP contribution is -2.33. The van der Waals surface area contributed by atoms with Crippen LogP contribution in [-0.2, 0) is 36.5 Å². The summed E-state index contributed by atoms with van der Waals surface area (Å²) in [6, 6.07) is 0. The molecule has 1 aliphatic heterocycles. The number of H-pyrrole nitrogens is 1. The van der Waals surface area contributed by atoms with Gasteiger partial charge in [0.05, 0.1) is 18.3 Å². The number of nitrogens with one attached hydrogen (secondary N) is 1. The monoisotopic (exact) mass is 561 g/mol. The first-order chi connectivity index (χ1) is 16.3. The minimum atomic E-state index is -4.27. The summed E-state index contributed by atoms with van der Waals surface area (Å²) < 4.78 is 64.0. The van der Waals surface area contributed by atoms with Gasteiger partial charge in [-0.25, -0.2) is 4.79 Å². The topological polar surface area (TPSA) is 219 Å². The first kappa shape index (κ1) is 30.0. The van der Waals surface area contributed by atoms with Gasteiger partial charge in [-0.15, -0.1) is 0 Å². The predicted octanol–water partition coefficient (Wildman–Crippen LogP) is 0.684. The number of nitrogens with zero attached hydrogens (tertiary/aromatic N) is 1. The third-order valence-corrected chi connectivity index (χ3v) is 13.7. The Morgan fingerprint density at radius 1 is 1.20 bits per heavy atom. The Balaban J connectivity index is 2.14. The van der Waals surface area contributed by atoms with Gasteiger partial charge >= 0.3 is 20.9 Å². The van der Waals surface area contributed by atoms with E-state index in [0.29, 0.717) is 0 Å². The van der Waals surface area contributed by atoms with E-state index in [2.05, 4.69) is 9.51 Å². The van der Waals surface area contributed by atoms with Gasteiger partial charge in [0, 0.05) is 40.5 Å². The zero-order chi connectivity index (χ0) is 26.4. The van der Waals surface area contributed by atoms with Crippen molar-refractivity contribution in [1.82, 2.24) is 9.55 Å². The quantitative estimate of drug-likeness (QED) is 0.244. The van der Waals surface area contributed by atoms with Crippen LogP contribution in [0.5, 0.6) is 0 Å². The maximum absolute atomic E-state index is 13.0. The summed E-state index contributed by atoms with van der Waals surface area (Å²) >= 11 is 0. The standard InChI is InChI=1S/C17H30N3O12P3/c1-28-33(24,10-34(25,26)29-2)11-35(27,30-3)31-9-14-13(21)7-15(32-14)20-8-12(5-4-6-18)16(22)19-17(20)23/h4-5,8,13-15,21H,6-7,9-11,18H2,1-3H3,(H,25,26)(H,19,22,23). The molecule has 1 aromatic rings. The molecule has 0 bridgehead atoms. The van der Waals surface area contributed by atoms with Gasteiger partial charge in [-0.3, -0.25) is 28.0 Å². The fraction of sp³-hybridized carbons (Fsp3) is 0.647. The second-order valence-electron chi connectivity index (χ2n) is 7.51. The van der Waals surface area contributed by atoms with Crippen LogP contribution in [0.3, 0.4) is 0 Å². The van der Waals surface area contributed by atoms with E-state index in [1.54, 1.807) is 0 Å². The van der Waals surface area contributed by atoms with E-state index in [1.165, 1.54) is 18.3 Å². The second-order valence-corrected chi connectivity index (χ2v) is 15.3. The Morgan fingerprint density at radius 2 is 1.89 bits per heavy atom. The van der Waals surface area contributed by atoms with Gasteiger partial charge in [-0.05, 0) is 0 Å². The molecule has 15 nitrogen and oxygen atoms in total. The van der Waals surface area contributed by atoms with Crippen molar-refractivity contribution < 1.29 is 46.5 Å². The van der Waals surface area contributed by atoms with Gasteiger partial charge in [0.25, 0.3) is 5.56 Å². The molecule has 2 heterocycles. The van der Waals surface area contributed by atoms with Gasteiger partial charge < -0.3 is 38.6 Å². The molecule has 1 fully saturated rings. The van der Waals surface area contributed by atoms with Crippen molar-refractivity contribution in [3.05, 3.63) is 38.7 Å². The lowest BCUT2D eigenvalue weighted by atomic mass is 10.2. The van der Waals surface area contributed by atoms with Gasteiger partial charge in [0.15, 0.2) is 0 Å². The molecule has 6 unspecified atom stereocenters. The van der Waals surface area contributed by atoms with E-state index in [4.69, 9.17) is 24.0 Å². The second kappa shape index (κ2) is 12.4. The number of hydrogen-bond donors (Lipinski definition) is 4. The van der Waals surface area contributed by atoms with Crippen molar-refractivity contribution in [2.24, 2.45) is 5.73 Å². The molecule has 2 rings (SSSR count). The number of aromatic amines is 1. The van der Waals surface area contributed by atoms with Crippen LogP contribution in [0.25, 0.3) is 6.08 Å². The molecule has 0 saturated carbocycles. The van der Waals surface area contributed by atoms with Crippen molar-refractivity contribution in [3.8, 4) is 0 Å². The smallest absolute Gasteiger partial charge is 0.340 e. The molecule has 0 aliphatic carbocycles.